The van der Waals surface area contributed by atoms with Gasteiger partial charge < -0.3 is 33.8 Å². The summed E-state index contributed by atoms with van der Waals surface area (Å²) in [6.45, 7) is 4.50. The molecule has 0 aliphatic rings. The third-order valence-corrected chi connectivity index (χ3v) is 18.9. The zero-order valence-corrected chi connectivity index (χ0v) is 69.3. The minimum absolute atomic E-state index is 0.000659. The van der Waals surface area contributed by atoms with E-state index >= 15 is 0 Å². The van der Waals surface area contributed by atoms with Gasteiger partial charge in [0.15, 0.2) is 12.2 Å². The second-order valence-corrected chi connectivity index (χ2v) is 30.2. The summed E-state index contributed by atoms with van der Waals surface area (Å²) >= 11 is 0. The van der Waals surface area contributed by atoms with Gasteiger partial charge in [0.05, 0.1) is 26.4 Å². The van der Waals surface area contributed by atoms with Gasteiger partial charge in [-0.05, 0) is 141 Å². The average Bonchev–Trinajstić information content (AvgIpc) is 0.901. The molecular formula is C89H148O17P2. The first-order chi connectivity index (χ1) is 52.7. The maximum Gasteiger partial charge on any atom is 0.472 e. The maximum atomic E-state index is 13.1. The van der Waals surface area contributed by atoms with Gasteiger partial charge in [0.2, 0.25) is 0 Å². The van der Waals surface area contributed by atoms with Crippen LogP contribution in [-0.4, -0.2) is 96.7 Å². The van der Waals surface area contributed by atoms with Crippen molar-refractivity contribution < 1.29 is 80.2 Å². The first-order valence-corrected chi connectivity index (χ1v) is 44.7. The van der Waals surface area contributed by atoms with Crippen LogP contribution < -0.4 is 0 Å². The number of esters is 4. The molecule has 0 radical (unpaired) electrons. The molecule has 0 heterocycles. The minimum atomic E-state index is -5.01. The van der Waals surface area contributed by atoms with Crippen molar-refractivity contribution in [3.05, 3.63) is 158 Å². The summed E-state index contributed by atoms with van der Waals surface area (Å²) in [4.78, 5) is 73.1. The Morgan fingerprint density at radius 2 is 0.491 bits per heavy atom. The summed E-state index contributed by atoms with van der Waals surface area (Å²) in [5.41, 5.74) is 0. The molecule has 17 nitrogen and oxygen atoms in total. The monoisotopic (exact) mass is 1550 g/mol. The van der Waals surface area contributed by atoms with E-state index in [-0.39, 0.29) is 25.7 Å². The average molecular weight is 1550 g/mol. The Bertz CT molecular complexity index is 2660. The summed E-state index contributed by atoms with van der Waals surface area (Å²) in [7, 11) is -10.0. The van der Waals surface area contributed by atoms with Gasteiger partial charge in [0.25, 0.3) is 0 Å². The molecule has 5 unspecified atom stereocenters. The molecule has 0 spiro atoms. The number of carbonyl (C=O) groups is 4. The molecule has 0 aromatic heterocycles. The number of hydrogen-bond donors (Lipinski definition) is 3. The van der Waals surface area contributed by atoms with E-state index in [1.54, 1.807) is 0 Å². The van der Waals surface area contributed by atoms with Crippen LogP contribution in [0.25, 0.3) is 0 Å². The predicted octanol–water partition coefficient (Wildman–Crippen LogP) is 24.8. The van der Waals surface area contributed by atoms with Crippen LogP contribution in [0, 0.1) is 0 Å². The highest BCUT2D eigenvalue weighted by molar-refractivity contribution is 7.47. The van der Waals surface area contributed by atoms with Crippen molar-refractivity contribution in [3.8, 4) is 0 Å². The molecule has 0 saturated carbocycles. The lowest BCUT2D eigenvalue weighted by Gasteiger charge is -2.21. The molecule has 0 saturated heterocycles. The van der Waals surface area contributed by atoms with Crippen molar-refractivity contribution in [2.45, 2.75) is 341 Å². The molecule has 19 heteroatoms. The van der Waals surface area contributed by atoms with Gasteiger partial charge in [-0.15, -0.1) is 0 Å². The normalized spacial score (nSPS) is 14.6. The second-order valence-electron chi connectivity index (χ2n) is 27.3. The van der Waals surface area contributed by atoms with Crippen molar-refractivity contribution in [1.82, 2.24) is 0 Å². The lowest BCUT2D eigenvalue weighted by molar-refractivity contribution is -0.161. The lowest BCUT2D eigenvalue weighted by atomic mass is 10.0. The molecule has 5 atom stereocenters. The van der Waals surface area contributed by atoms with Gasteiger partial charge in [-0.2, -0.15) is 0 Å². The molecule has 0 aromatic rings. The quantitative estimate of drug-likeness (QED) is 0.0169. The van der Waals surface area contributed by atoms with Gasteiger partial charge in [-0.3, -0.25) is 37.3 Å². The molecule has 616 valence electrons. The van der Waals surface area contributed by atoms with Crippen molar-refractivity contribution >= 4 is 39.5 Å². The summed E-state index contributed by atoms with van der Waals surface area (Å²) < 4.78 is 68.6. The summed E-state index contributed by atoms with van der Waals surface area (Å²) in [6, 6.07) is 0. The van der Waals surface area contributed by atoms with E-state index in [9.17, 15) is 43.2 Å². The van der Waals surface area contributed by atoms with Gasteiger partial charge >= 0.3 is 39.5 Å². The number of hydrogen-bond acceptors (Lipinski definition) is 15. The predicted molar refractivity (Wildman–Crippen MR) is 445 cm³/mol. The summed E-state index contributed by atoms with van der Waals surface area (Å²) in [5.74, 6) is -2.32. The highest BCUT2D eigenvalue weighted by atomic mass is 31.2. The largest absolute Gasteiger partial charge is 0.472 e. The molecule has 0 fully saturated rings. The van der Waals surface area contributed by atoms with Crippen LogP contribution in [0.1, 0.15) is 323 Å². The lowest BCUT2D eigenvalue weighted by Crippen LogP contribution is -2.30. The Morgan fingerprint density at radius 3 is 0.806 bits per heavy atom. The Morgan fingerprint density at radius 1 is 0.269 bits per heavy atom. The zero-order chi connectivity index (χ0) is 78.9. The van der Waals surface area contributed by atoms with Gasteiger partial charge in [-0.1, -0.05) is 314 Å². The molecule has 108 heavy (non-hydrogen) atoms. The van der Waals surface area contributed by atoms with E-state index in [2.05, 4.69) is 161 Å². The number of rotatable bonds is 77. The smallest absolute Gasteiger partial charge is 0.462 e. The van der Waals surface area contributed by atoms with Crippen molar-refractivity contribution in [1.29, 1.82) is 0 Å². The zero-order valence-electron chi connectivity index (χ0n) is 67.5. The number of phosphoric acid groups is 2. The summed E-state index contributed by atoms with van der Waals surface area (Å²) in [5, 5.41) is 10.7. The number of carbonyl (C=O) groups excluding carboxylic acids is 4. The molecule has 0 bridgehead atoms. The Hall–Kier alpha value is -5.32. The van der Waals surface area contributed by atoms with Gasteiger partial charge in [-0.25, -0.2) is 9.13 Å². The number of unbranched alkanes of at least 4 members (excludes halogenated alkanes) is 25. The maximum absolute atomic E-state index is 13.1. The fraction of sp³-hybridized carbons (Fsp3) is 0.663. The molecule has 0 amide bonds. The van der Waals surface area contributed by atoms with Crippen LogP contribution in [0.3, 0.4) is 0 Å². The van der Waals surface area contributed by atoms with Crippen LogP contribution in [0.15, 0.2) is 158 Å². The third-order valence-electron chi connectivity index (χ3n) is 17.0. The highest BCUT2D eigenvalue weighted by Crippen LogP contribution is 2.45. The number of aliphatic hydroxyl groups is 1. The van der Waals surface area contributed by atoms with Crippen LogP contribution in [-0.2, 0) is 65.4 Å². The molecule has 0 rings (SSSR count). The van der Waals surface area contributed by atoms with Gasteiger partial charge in [0.1, 0.15) is 19.3 Å². The first-order valence-electron chi connectivity index (χ1n) is 41.7. The Kier molecular flexibility index (Phi) is 75.8. The van der Waals surface area contributed by atoms with E-state index < -0.39 is 97.5 Å². The molecule has 0 aliphatic heterocycles. The van der Waals surface area contributed by atoms with E-state index in [1.807, 2.05) is 24.3 Å². The van der Waals surface area contributed by atoms with E-state index in [0.29, 0.717) is 38.5 Å². The Balaban J connectivity index is 5.48. The second kappa shape index (κ2) is 79.8. The number of ether oxygens (including phenoxy) is 4. The Labute approximate surface area is 655 Å². The topological polar surface area (TPSA) is 237 Å². The van der Waals surface area contributed by atoms with Crippen LogP contribution in [0.5, 0.6) is 0 Å². The molecule has 3 N–H and O–H groups in total. The van der Waals surface area contributed by atoms with Crippen LogP contribution in [0.4, 0.5) is 0 Å². The molecule has 0 aliphatic carbocycles. The first kappa shape index (κ1) is 103. The standard InChI is InChI=1S/C89H148O17P2/c1-5-9-13-17-21-25-29-33-37-40-41-44-47-50-54-58-62-66-70-74-87(92)100-79-84(105-88(93)75-71-67-63-59-55-51-45-36-32-28-24-20-16-12-8-4)81-103-107(95,96)101-77-83(90)78-102-108(97,98)104-82-85(106-89(94)76-72-68-64-60-56-52-48-43-39-35-31-27-23-19-15-11-7-3)80-99-86(91)73-69-65-61-57-53-49-46-42-38-34-30-26-22-18-14-10-6-2/h10-11,14-15,21-23,25-27,33-35,37-39,41,44,46,48-49,52,57,60-61,64,83-85,90H,5-9,12-13,16-20,24,28-32,36,40,42-43,45,47,50-51,53-56,58-59,62-63,65-82H2,1-4H3,(H,95,96)(H,97,98)/b14-10-,15-11-,25-21-,26-22-,27-23-,37-33-,38-34-,39-35-,44-41-,49-46-,52-48-,61-57-,64-60-. The van der Waals surface area contributed by atoms with Crippen molar-refractivity contribution in [2.24, 2.45) is 0 Å². The van der Waals surface area contributed by atoms with Crippen molar-refractivity contribution in [2.75, 3.05) is 39.6 Å². The number of aliphatic hydroxyl groups excluding tert-OH is 1. The van der Waals surface area contributed by atoms with E-state index in [0.717, 1.165) is 148 Å². The number of phosphoric ester groups is 2. The minimum Gasteiger partial charge on any atom is -0.462 e. The van der Waals surface area contributed by atoms with E-state index in [4.69, 9.17) is 37.0 Å². The molecule has 0 aromatic carbocycles. The third kappa shape index (κ3) is 78.8. The SMILES string of the molecule is CC/C=C\C/C=C\C/C=C\C/C=C\C/C=C\CCCC(=O)OCC(COP(=O)(O)OCC(O)COP(=O)(O)OCC(COC(=O)CCCCCCCC/C=C\C/C=C\C/C=C\CCCCC)OC(=O)CCCCCCCCCCCCCCCCC)OC(=O)CCC/C=C\C/C=C\C/C=C\C/C=C\C/C=C\CC. The van der Waals surface area contributed by atoms with Crippen molar-refractivity contribution in [3.63, 3.8) is 0 Å². The highest BCUT2D eigenvalue weighted by Gasteiger charge is 2.30. The summed E-state index contributed by atoms with van der Waals surface area (Å²) in [6.07, 6.45) is 93.7. The fourth-order valence-corrected chi connectivity index (χ4v) is 12.3. The van der Waals surface area contributed by atoms with Crippen LogP contribution >= 0.6 is 15.6 Å². The van der Waals surface area contributed by atoms with Gasteiger partial charge in [0, 0.05) is 25.7 Å². The van der Waals surface area contributed by atoms with E-state index in [1.165, 1.54) is 83.5 Å². The van der Waals surface area contributed by atoms with Crippen LogP contribution in [0.2, 0.25) is 0 Å². The number of allylic oxidation sites excluding steroid dienone is 26. The fourth-order valence-electron chi connectivity index (χ4n) is 10.7. The molecular weight excluding hydrogens is 1400 g/mol.